The number of carbonyl (C=O) groups is 1. The van der Waals surface area contributed by atoms with Crippen molar-refractivity contribution in [2.75, 3.05) is 35.4 Å². The Hall–Kier alpha value is -3.85. The topological polar surface area (TPSA) is 113 Å². The third-order valence-electron chi connectivity index (χ3n) is 6.29. The average Bonchev–Trinajstić information content (AvgIpc) is 3.63. The summed E-state index contributed by atoms with van der Waals surface area (Å²) in [5.74, 6) is -0.0145. The van der Waals surface area contributed by atoms with E-state index in [0.29, 0.717) is 52.3 Å². The quantitative estimate of drug-likeness (QED) is 0.356. The number of aromatic nitrogens is 2. The maximum Gasteiger partial charge on any atom is 0.264 e. The van der Waals surface area contributed by atoms with E-state index in [9.17, 15) is 13.2 Å². The maximum atomic E-state index is 13.6. The number of benzene rings is 2. The number of imidazole rings is 1. The van der Waals surface area contributed by atoms with E-state index >= 15 is 0 Å². The van der Waals surface area contributed by atoms with Crippen LogP contribution < -0.4 is 9.21 Å². The van der Waals surface area contributed by atoms with Gasteiger partial charge in [-0.05, 0) is 60.7 Å². The highest BCUT2D eigenvalue weighted by Gasteiger charge is 2.27. The van der Waals surface area contributed by atoms with Crippen molar-refractivity contribution in [2.45, 2.75) is 11.4 Å². The van der Waals surface area contributed by atoms with Crippen molar-refractivity contribution in [3.05, 3.63) is 93.7 Å². The van der Waals surface area contributed by atoms with Crippen LogP contribution in [0.4, 0.5) is 11.4 Å². The molecule has 0 unspecified atom stereocenters. The number of nitriles is 1. The zero-order chi connectivity index (χ0) is 26.7. The number of H-pyrrole nitrogens is 1. The molecule has 1 saturated heterocycles. The number of amides is 1. The molecule has 1 N–H and O–H groups in total. The van der Waals surface area contributed by atoms with E-state index in [1.54, 1.807) is 30.5 Å². The molecule has 38 heavy (non-hydrogen) atoms. The number of rotatable bonds is 7. The van der Waals surface area contributed by atoms with Gasteiger partial charge in [0, 0.05) is 38.1 Å². The number of halogens is 1. The van der Waals surface area contributed by atoms with Gasteiger partial charge in [-0.1, -0.05) is 11.6 Å². The van der Waals surface area contributed by atoms with Gasteiger partial charge >= 0.3 is 0 Å². The van der Waals surface area contributed by atoms with Gasteiger partial charge in [-0.15, -0.1) is 11.3 Å². The molecule has 4 aromatic rings. The Kier molecular flexibility index (Phi) is 7.37. The predicted octanol–water partition coefficient (Wildman–Crippen LogP) is 4.35. The molecule has 9 nitrogen and oxygen atoms in total. The fourth-order valence-corrected chi connectivity index (χ4v) is 6.71. The molecule has 1 fully saturated rings. The second kappa shape index (κ2) is 10.9. The number of hydrogen-bond acceptors (Lipinski definition) is 7. The summed E-state index contributed by atoms with van der Waals surface area (Å²) in [4.78, 5) is 24.4. The van der Waals surface area contributed by atoms with Crippen LogP contribution in [0, 0.1) is 11.3 Å². The van der Waals surface area contributed by atoms with Gasteiger partial charge in [0.15, 0.2) is 0 Å². The van der Waals surface area contributed by atoms with Gasteiger partial charge in [-0.3, -0.25) is 9.10 Å². The Morgan fingerprint density at radius 3 is 2.34 bits per heavy atom. The first-order valence-corrected chi connectivity index (χ1v) is 14.4. The van der Waals surface area contributed by atoms with Crippen molar-refractivity contribution in [3.8, 4) is 6.07 Å². The average molecular weight is 567 g/mol. The zero-order valence-electron chi connectivity index (χ0n) is 20.1. The van der Waals surface area contributed by atoms with E-state index in [1.165, 1.54) is 46.2 Å². The summed E-state index contributed by atoms with van der Waals surface area (Å²) in [6, 6.07) is 18.7. The number of aromatic amines is 1. The smallest absolute Gasteiger partial charge is 0.264 e. The number of nitrogens with zero attached hydrogens (tertiary/aromatic N) is 5. The first-order chi connectivity index (χ1) is 18.3. The Morgan fingerprint density at radius 1 is 1.05 bits per heavy atom. The van der Waals surface area contributed by atoms with Crippen LogP contribution >= 0.6 is 22.9 Å². The molecule has 194 valence electrons. The van der Waals surface area contributed by atoms with Crippen LogP contribution in [-0.2, 0) is 16.6 Å². The van der Waals surface area contributed by atoms with Crippen LogP contribution in [0.25, 0.3) is 0 Å². The second-order valence-electron chi connectivity index (χ2n) is 8.62. The minimum Gasteiger partial charge on any atom is -0.368 e. The molecule has 0 aliphatic carbocycles. The lowest BCUT2D eigenvalue weighted by Gasteiger charge is -2.36. The maximum absolute atomic E-state index is 13.6. The highest BCUT2D eigenvalue weighted by atomic mass is 35.5. The molecule has 3 heterocycles. The lowest BCUT2D eigenvalue weighted by atomic mass is 10.2. The number of thiophene rings is 1. The van der Waals surface area contributed by atoms with Crippen molar-refractivity contribution in [3.63, 3.8) is 0 Å². The molecule has 5 rings (SSSR count). The van der Waals surface area contributed by atoms with Gasteiger partial charge in [0.2, 0.25) is 0 Å². The zero-order valence-corrected chi connectivity index (χ0v) is 22.5. The van der Waals surface area contributed by atoms with E-state index in [0.717, 1.165) is 5.69 Å². The second-order valence-corrected chi connectivity index (χ2v) is 12.2. The SMILES string of the molecule is N#Cc1ccc(S(=O)(=O)N(Cc2cnc[nH]2)c2ccc(N3CCN(C(=O)c4ccc(Cl)s4)CC3)cc2)cc1. The van der Waals surface area contributed by atoms with Crippen LogP contribution in [0.3, 0.4) is 0 Å². The number of hydrogen-bond donors (Lipinski definition) is 1. The third kappa shape index (κ3) is 5.38. The summed E-state index contributed by atoms with van der Waals surface area (Å²) >= 11 is 7.26. The number of nitrogens with one attached hydrogen (secondary N) is 1. The lowest BCUT2D eigenvalue weighted by Crippen LogP contribution is -2.48. The summed E-state index contributed by atoms with van der Waals surface area (Å²) in [7, 11) is -3.92. The molecular formula is C26H23ClN6O3S2. The highest BCUT2D eigenvalue weighted by Crippen LogP contribution is 2.29. The molecular weight excluding hydrogens is 544 g/mol. The molecule has 0 spiro atoms. The first-order valence-electron chi connectivity index (χ1n) is 11.7. The summed E-state index contributed by atoms with van der Waals surface area (Å²) in [6.45, 7) is 2.54. The number of anilines is 2. The van der Waals surface area contributed by atoms with Gasteiger partial charge in [0.1, 0.15) is 0 Å². The van der Waals surface area contributed by atoms with E-state index < -0.39 is 10.0 Å². The Morgan fingerprint density at radius 2 is 1.76 bits per heavy atom. The molecule has 1 aliphatic heterocycles. The first kappa shape index (κ1) is 25.8. The van der Waals surface area contributed by atoms with Crippen LogP contribution in [-0.4, -0.2) is 55.4 Å². The molecule has 12 heteroatoms. The van der Waals surface area contributed by atoms with Crippen LogP contribution in [0.2, 0.25) is 4.34 Å². The van der Waals surface area contributed by atoms with Gasteiger partial charge in [-0.2, -0.15) is 5.26 Å². The van der Waals surface area contributed by atoms with Crippen LogP contribution in [0.5, 0.6) is 0 Å². The van der Waals surface area contributed by atoms with E-state index in [1.807, 2.05) is 23.1 Å². The van der Waals surface area contributed by atoms with Crippen LogP contribution in [0.15, 0.2) is 78.1 Å². The Balaban J connectivity index is 1.33. The largest absolute Gasteiger partial charge is 0.368 e. The number of sulfonamides is 1. The molecule has 1 amide bonds. The molecule has 2 aromatic carbocycles. The van der Waals surface area contributed by atoms with Crippen molar-refractivity contribution in [1.82, 2.24) is 14.9 Å². The summed E-state index contributed by atoms with van der Waals surface area (Å²) < 4.78 is 29.1. The fourth-order valence-electron chi connectivity index (χ4n) is 4.25. The fraction of sp³-hybridized carbons (Fsp3) is 0.192. The third-order valence-corrected chi connectivity index (χ3v) is 9.30. The van der Waals surface area contributed by atoms with E-state index in [2.05, 4.69) is 14.9 Å². The standard InChI is InChI=1S/C26H23ClN6O3S2/c27-25-10-9-24(37-25)26(34)32-13-11-31(12-14-32)21-3-5-22(6-4-21)33(17-20-16-29-18-30-20)38(35,36)23-7-1-19(15-28)2-8-23/h1-10,16,18H,11-14,17H2,(H,29,30). The van der Waals surface area contributed by atoms with Crippen molar-refractivity contribution >= 4 is 50.2 Å². The molecule has 2 aromatic heterocycles. The normalized spacial score (nSPS) is 13.8. The van der Waals surface area contributed by atoms with Gasteiger partial charge in [-0.25, -0.2) is 13.4 Å². The summed E-state index contributed by atoms with van der Waals surface area (Å²) in [6.07, 6.45) is 3.09. The van der Waals surface area contributed by atoms with Crippen LogP contribution in [0.1, 0.15) is 20.9 Å². The molecule has 0 radical (unpaired) electrons. The lowest BCUT2D eigenvalue weighted by molar-refractivity contribution is 0.0751. The summed E-state index contributed by atoms with van der Waals surface area (Å²) in [5.41, 5.74) is 2.46. The van der Waals surface area contributed by atoms with Gasteiger partial charge < -0.3 is 14.8 Å². The van der Waals surface area contributed by atoms with Crippen molar-refractivity contribution in [1.29, 1.82) is 5.26 Å². The Labute approximate surface area is 229 Å². The predicted molar refractivity (Wildman–Crippen MR) is 147 cm³/mol. The minimum absolute atomic E-state index is 0.0145. The molecule has 0 atom stereocenters. The van der Waals surface area contributed by atoms with Gasteiger partial charge in [0.25, 0.3) is 15.9 Å². The Bertz CT molecular complexity index is 1550. The van der Waals surface area contributed by atoms with Crippen molar-refractivity contribution < 1.29 is 13.2 Å². The molecule has 0 saturated carbocycles. The van der Waals surface area contributed by atoms with Gasteiger partial charge in [0.05, 0.1) is 50.0 Å². The minimum atomic E-state index is -3.92. The highest BCUT2D eigenvalue weighted by molar-refractivity contribution is 7.92. The molecule has 1 aliphatic rings. The van der Waals surface area contributed by atoms with E-state index in [4.69, 9.17) is 16.9 Å². The monoisotopic (exact) mass is 566 g/mol. The summed E-state index contributed by atoms with van der Waals surface area (Å²) in [5, 5.41) is 9.07. The van der Waals surface area contributed by atoms with E-state index in [-0.39, 0.29) is 17.3 Å². The van der Waals surface area contributed by atoms with Crippen molar-refractivity contribution in [2.24, 2.45) is 0 Å². The number of piperazine rings is 1. The molecule has 0 bridgehead atoms. The number of carbonyl (C=O) groups excluding carboxylic acids is 1.